The van der Waals surface area contributed by atoms with E-state index in [-0.39, 0.29) is 11.4 Å². The monoisotopic (exact) mass is 340 g/mol. The minimum atomic E-state index is -3.69. The maximum absolute atomic E-state index is 13.0. The molecule has 0 saturated carbocycles. The van der Waals surface area contributed by atoms with Gasteiger partial charge in [-0.3, -0.25) is 0 Å². The molecule has 1 atom stereocenters. The topological polar surface area (TPSA) is 80.2 Å². The minimum absolute atomic E-state index is 0.0577. The molecule has 0 bridgehead atoms. The number of sulfone groups is 1. The molecule has 2 aromatic carbocycles. The van der Waals surface area contributed by atoms with Crippen LogP contribution in [-0.2, 0) is 9.84 Å². The van der Waals surface area contributed by atoms with Crippen LogP contribution in [0.2, 0.25) is 0 Å². The molecule has 23 heavy (non-hydrogen) atoms. The van der Waals surface area contributed by atoms with Crippen molar-refractivity contribution in [2.75, 3.05) is 20.8 Å². The summed E-state index contributed by atoms with van der Waals surface area (Å²) in [5.74, 6) is 0.470. The van der Waals surface area contributed by atoms with Crippen LogP contribution in [0.1, 0.15) is 10.8 Å². The summed E-state index contributed by atoms with van der Waals surface area (Å²) in [5.41, 5.74) is 4.29. The van der Waals surface area contributed by atoms with Crippen LogP contribution in [-0.4, -0.2) is 29.2 Å². The molecule has 3 N–H and O–H groups in total. The molecule has 0 unspecified atom stereocenters. The van der Waals surface area contributed by atoms with E-state index in [1.165, 1.54) is 26.4 Å². The Kier molecular flexibility index (Phi) is 5.23. The van der Waals surface area contributed by atoms with Gasteiger partial charge in [0, 0.05) is 0 Å². The van der Waals surface area contributed by atoms with Crippen molar-refractivity contribution in [1.82, 2.24) is 0 Å². The second-order valence-corrected chi connectivity index (χ2v) is 7.02. The van der Waals surface area contributed by atoms with Crippen LogP contribution in [0.4, 0.5) is 4.39 Å². The second-order valence-electron chi connectivity index (χ2n) is 4.89. The summed E-state index contributed by atoms with van der Waals surface area (Å²) >= 11 is 0. The molecule has 0 aliphatic rings. The Bertz CT molecular complexity index is 775. The Hall–Kier alpha value is -2.12. The van der Waals surface area contributed by atoms with Gasteiger partial charge in [-0.05, 0) is 42.0 Å². The maximum Gasteiger partial charge on any atom is 0.190 e. The number of halogens is 1. The van der Waals surface area contributed by atoms with Crippen molar-refractivity contribution >= 4 is 9.84 Å². The summed E-state index contributed by atoms with van der Waals surface area (Å²) in [4.78, 5) is 0.0577. The zero-order valence-corrected chi connectivity index (χ0v) is 13.8. The van der Waals surface area contributed by atoms with E-state index in [9.17, 15) is 12.8 Å². The van der Waals surface area contributed by atoms with Crippen molar-refractivity contribution in [2.24, 2.45) is 0 Å². The normalized spacial score (nSPS) is 12.7. The van der Waals surface area contributed by atoms with Crippen molar-refractivity contribution in [2.45, 2.75) is 10.1 Å². The smallest absolute Gasteiger partial charge is 0.190 e. The largest absolute Gasteiger partial charge is 0.493 e. The highest BCUT2D eigenvalue weighted by atomic mass is 32.2. The van der Waals surface area contributed by atoms with Gasteiger partial charge in [-0.1, -0.05) is 6.07 Å². The molecule has 2 aromatic rings. The third kappa shape index (κ3) is 3.46. The Morgan fingerprint density at radius 3 is 2.17 bits per heavy atom. The standard InChI is InChI=1S/C16H18FNO4S/c1-21-14-8-3-11(9-15(14)22-2)16(10-18)23(19,20)13-6-4-12(17)5-7-13/h3-9,16H,10,18H2,1-2H3/p+1/t16-/m0/s1. The van der Waals surface area contributed by atoms with Gasteiger partial charge in [0.1, 0.15) is 11.1 Å². The fourth-order valence-electron chi connectivity index (χ4n) is 2.34. The summed E-state index contributed by atoms with van der Waals surface area (Å²) in [7, 11) is -0.704. The van der Waals surface area contributed by atoms with E-state index in [0.717, 1.165) is 12.1 Å². The number of methoxy groups -OCH3 is 2. The van der Waals surface area contributed by atoms with Gasteiger partial charge in [0.05, 0.1) is 25.7 Å². The molecule has 0 saturated heterocycles. The second kappa shape index (κ2) is 6.97. The Balaban J connectivity index is 2.48. The van der Waals surface area contributed by atoms with Crippen LogP contribution in [0.25, 0.3) is 0 Å². The predicted molar refractivity (Wildman–Crippen MR) is 83.6 cm³/mol. The highest BCUT2D eigenvalue weighted by Gasteiger charge is 2.30. The molecule has 0 aromatic heterocycles. The molecule has 0 spiro atoms. The van der Waals surface area contributed by atoms with Gasteiger partial charge in [-0.15, -0.1) is 0 Å². The van der Waals surface area contributed by atoms with Crippen molar-refractivity contribution in [3.05, 3.63) is 53.8 Å². The van der Waals surface area contributed by atoms with Gasteiger partial charge in [0.2, 0.25) is 0 Å². The summed E-state index contributed by atoms with van der Waals surface area (Å²) in [6, 6.07) is 9.70. The first-order chi connectivity index (χ1) is 10.9. The lowest BCUT2D eigenvalue weighted by Crippen LogP contribution is -2.54. The van der Waals surface area contributed by atoms with E-state index < -0.39 is 20.9 Å². The lowest BCUT2D eigenvalue weighted by molar-refractivity contribution is -0.367. The van der Waals surface area contributed by atoms with Crippen molar-refractivity contribution in [3.8, 4) is 11.5 Å². The van der Waals surface area contributed by atoms with Crippen LogP contribution < -0.4 is 15.2 Å². The number of hydrogen-bond donors (Lipinski definition) is 1. The molecule has 0 radical (unpaired) electrons. The molecular weight excluding hydrogens is 321 g/mol. The molecule has 0 aliphatic heterocycles. The first-order valence-electron chi connectivity index (χ1n) is 6.94. The highest BCUT2D eigenvalue weighted by molar-refractivity contribution is 7.91. The van der Waals surface area contributed by atoms with E-state index >= 15 is 0 Å². The Labute approximate surface area is 134 Å². The summed E-state index contributed by atoms with van der Waals surface area (Å²) in [6.07, 6.45) is 0. The van der Waals surface area contributed by atoms with Crippen LogP contribution in [0.5, 0.6) is 11.5 Å². The molecular formula is C16H19FNO4S+. The third-order valence-corrected chi connectivity index (χ3v) is 5.74. The van der Waals surface area contributed by atoms with Gasteiger partial charge in [0.15, 0.2) is 21.3 Å². The quantitative estimate of drug-likeness (QED) is 0.810. The zero-order chi connectivity index (χ0) is 17.0. The van der Waals surface area contributed by atoms with Gasteiger partial charge in [-0.2, -0.15) is 0 Å². The van der Waals surface area contributed by atoms with Crippen molar-refractivity contribution < 1.29 is 28.0 Å². The Morgan fingerprint density at radius 1 is 1.04 bits per heavy atom. The molecule has 0 heterocycles. The fourth-order valence-corrected chi connectivity index (χ4v) is 4.00. The Morgan fingerprint density at radius 2 is 1.65 bits per heavy atom. The molecule has 0 aliphatic carbocycles. The average Bonchev–Trinajstić information content (AvgIpc) is 2.55. The van der Waals surface area contributed by atoms with Crippen LogP contribution in [0.15, 0.2) is 47.4 Å². The van der Waals surface area contributed by atoms with Gasteiger partial charge in [-0.25, -0.2) is 12.8 Å². The lowest BCUT2D eigenvalue weighted by Gasteiger charge is -2.17. The number of benzene rings is 2. The molecule has 0 amide bonds. The van der Waals surface area contributed by atoms with Crippen molar-refractivity contribution in [1.29, 1.82) is 0 Å². The number of rotatable bonds is 6. The number of ether oxygens (including phenoxy) is 2. The summed E-state index contributed by atoms with van der Waals surface area (Å²) in [5, 5.41) is -0.854. The number of hydrogen-bond acceptors (Lipinski definition) is 4. The van der Waals surface area contributed by atoms with Gasteiger partial charge in [0.25, 0.3) is 0 Å². The SMILES string of the molecule is COc1ccc([C@H](C[NH3+])S(=O)(=O)c2ccc(F)cc2)cc1OC. The molecule has 0 fully saturated rings. The van der Waals surface area contributed by atoms with Gasteiger partial charge < -0.3 is 15.2 Å². The fraction of sp³-hybridized carbons (Fsp3) is 0.250. The number of quaternary nitrogens is 1. The van der Waals surface area contributed by atoms with Crippen molar-refractivity contribution in [3.63, 3.8) is 0 Å². The van der Waals surface area contributed by atoms with E-state index in [2.05, 4.69) is 5.73 Å². The van der Waals surface area contributed by atoms with E-state index in [1.54, 1.807) is 18.2 Å². The predicted octanol–water partition coefficient (Wildman–Crippen LogP) is 1.60. The summed E-state index contributed by atoms with van der Waals surface area (Å²) < 4.78 is 49.0. The third-order valence-electron chi connectivity index (χ3n) is 3.56. The minimum Gasteiger partial charge on any atom is -0.493 e. The van der Waals surface area contributed by atoms with Crippen LogP contribution in [0.3, 0.4) is 0 Å². The zero-order valence-electron chi connectivity index (χ0n) is 13.0. The van der Waals surface area contributed by atoms with Gasteiger partial charge >= 0.3 is 0 Å². The first-order valence-corrected chi connectivity index (χ1v) is 8.49. The lowest BCUT2D eigenvalue weighted by atomic mass is 10.1. The molecule has 5 nitrogen and oxygen atoms in total. The highest BCUT2D eigenvalue weighted by Crippen LogP contribution is 2.34. The van der Waals surface area contributed by atoms with E-state index in [0.29, 0.717) is 17.1 Å². The summed E-state index contributed by atoms with van der Waals surface area (Å²) in [6.45, 7) is 0.134. The maximum atomic E-state index is 13.0. The van der Waals surface area contributed by atoms with E-state index in [1.807, 2.05) is 0 Å². The molecule has 7 heteroatoms. The van der Waals surface area contributed by atoms with Crippen LogP contribution >= 0.6 is 0 Å². The molecule has 2 rings (SSSR count). The molecule has 124 valence electrons. The van der Waals surface area contributed by atoms with Crippen LogP contribution in [0, 0.1) is 5.82 Å². The van der Waals surface area contributed by atoms with E-state index in [4.69, 9.17) is 9.47 Å². The average molecular weight is 340 g/mol. The first kappa shape index (κ1) is 17.2.